The molecule has 10 heteroatoms. The molecule has 324 valence electrons. The molecule has 2 aromatic heterocycles. The second-order valence-corrected chi connectivity index (χ2v) is 15.7. The first-order valence-electron chi connectivity index (χ1n) is 19.3. The molecule has 0 fully saturated rings. The fourth-order valence-electron chi connectivity index (χ4n) is 7.40. The number of aromatic nitrogens is 2. The van der Waals surface area contributed by atoms with Gasteiger partial charge in [-0.2, -0.15) is 0 Å². The van der Waals surface area contributed by atoms with E-state index in [-0.39, 0.29) is 102 Å². The molecule has 0 aliphatic carbocycles. The first-order valence-corrected chi connectivity index (χ1v) is 19.3. The van der Waals surface area contributed by atoms with E-state index in [1.807, 2.05) is 24.5 Å². The van der Waals surface area contributed by atoms with Gasteiger partial charge in [-0.05, 0) is 130 Å². The van der Waals surface area contributed by atoms with Gasteiger partial charge in [0.25, 0.3) is 0 Å². The molecule has 5 rings (SSSR count). The third-order valence-electron chi connectivity index (χ3n) is 10.3. The summed E-state index contributed by atoms with van der Waals surface area (Å²) in [6.07, 6.45) is 8.08. The number of nitrogens with zero attached hydrogens (tertiary/aromatic N) is 4. The summed E-state index contributed by atoms with van der Waals surface area (Å²) in [5.41, 5.74) is 15.7. The van der Waals surface area contributed by atoms with Crippen molar-refractivity contribution >= 4 is 35.4 Å². The van der Waals surface area contributed by atoms with Gasteiger partial charge in [0.15, 0.2) is 0 Å². The summed E-state index contributed by atoms with van der Waals surface area (Å²) in [6.45, 7) is 29.7. The molecular formula is C48H60Br4Cu2N4-2. The summed E-state index contributed by atoms with van der Waals surface area (Å²) in [6, 6.07) is 27.0. The summed E-state index contributed by atoms with van der Waals surface area (Å²) in [5.74, 6) is 3.53. The Kier molecular flexibility index (Phi) is 26.1. The minimum Gasteiger partial charge on any atom is -1.00 e. The zero-order valence-electron chi connectivity index (χ0n) is 36.0. The van der Waals surface area contributed by atoms with Gasteiger partial charge in [-0.25, -0.2) is 9.15 Å². The molecule has 0 saturated carbocycles. The van der Waals surface area contributed by atoms with Crippen molar-refractivity contribution in [3.05, 3.63) is 119 Å². The van der Waals surface area contributed by atoms with Gasteiger partial charge in [0.05, 0.1) is 12.4 Å². The number of rotatable bonds is 11. The molecule has 0 atom stereocenters. The Balaban J connectivity index is 0. The predicted octanol–water partition coefficient (Wildman–Crippen LogP) is 1.60. The Morgan fingerprint density at radius 3 is 1.00 bits per heavy atom. The summed E-state index contributed by atoms with van der Waals surface area (Å²) in [7, 11) is 0. The molecule has 0 N–H and O–H groups in total. The third-order valence-corrected chi connectivity index (χ3v) is 10.3. The van der Waals surface area contributed by atoms with Gasteiger partial charge in [-0.15, -0.1) is 0 Å². The van der Waals surface area contributed by atoms with Crippen LogP contribution in [-0.4, -0.2) is 22.4 Å². The zero-order chi connectivity index (χ0) is 37.9. The molecule has 0 bridgehead atoms. The number of halogens is 4. The molecule has 58 heavy (non-hydrogen) atoms. The fraction of sp³-hybridized carbons (Fsp3) is 0.375. The van der Waals surface area contributed by atoms with Crippen LogP contribution in [0.2, 0.25) is 0 Å². The third kappa shape index (κ3) is 12.7. The van der Waals surface area contributed by atoms with E-state index in [0.29, 0.717) is 29.6 Å². The Bertz CT molecular complexity index is 1910. The Hall–Kier alpha value is -1.74. The fourth-order valence-corrected chi connectivity index (χ4v) is 7.40. The molecule has 0 unspecified atom stereocenters. The minimum absolute atomic E-state index is 0. The van der Waals surface area contributed by atoms with Crippen molar-refractivity contribution in [1.82, 2.24) is 19.1 Å². The second kappa shape index (κ2) is 25.9. The quantitative estimate of drug-likeness (QED) is 0.115. The molecular weight excluding hydrogens is 1080 g/mol. The molecule has 0 aliphatic rings. The van der Waals surface area contributed by atoms with Gasteiger partial charge in [-0.1, -0.05) is 93.5 Å². The van der Waals surface area contributed by atoms with E-state index in [9.17, 15) is 0 Å². The van der Waals surface area contributed by atoms with Gasteiger partial charge in [0, 0.05) is 68.5 Å². The van der Waals surface area contributed by atoms with Gasteiger partial charge >= 0.3 is 11.6 Å². The molecule has 0 spiro atoms. The smallest absolute Gasteiger partial charge is 0.327 e. The van der Waals surface area contributed by atoms with E-state index in [1.54, 1.807) is 0 Å². The SMILES string of the molecule is CC=[N+](c1ccccn1)c1c(C(C)C)cc(-c2cc(C(C)C)cc(-c3cc(C(C)C)c([N+](=CC)c4ccccn4)c(C(C)C)c3)c2C)cc1C(C)C.[Br-].[Br-].[Br-].[Br-].[Cu].[Cu]. The summed E-state index contributed by atoms with van der Waals surface area (Å²) >= 11 is 0. The molecule has 2 radical (unpaired) electrons. The second-order valence-electron chi connectivity index (χ2n) is 15.7. The van der Waals surface area contributed by atoms with Crippen molar-refractivity contribution in [2.45, 2.75) is 120 Å². The Morgan fingerprint density at radius 2 is 0.776 bits per heavy atom. The maximum Gasteiger partial charge on any atom is 0.327 e. The normalized spacial score (nSPS) is 11.3. The minimum atomic E-state index is 0. The summed E-state index contributed by atoms with van der Waals surface area (Å²) < 4.78 is 4.56. The van der Waals surface area contributed by atoms with Crippen LogP contribution in [0.1, 0.15) is 146 Å². The van der Waals surface area contributed by atoms with E-state index in [1.165, 1.54) is 67.0 Å². The monoisotopic (exact) mass is 1130 g/mol. The standard InChI is InChI=1S/C48H60N4.4BrH.2Cu/c1-14-51(45-20-16-18-22-49-45)47-39(31(5)6)26-37(27-40(47)32(7)8)43-24-36(30(3)4)25-44(35(43)13)38-28-41(33(9)10)48(42(29-38)34(11)12)52(15-2)46-21-17-19-23-50-46;;;;;;/h14-34H,1-13H3;4*1H;;/q+2;;;;;;/p-4. The van der Waals surface area contributed by atoms with Crippen LogP contribution in [0.4, 0.5) is 23.0 Å². The van der Waals surface area contributed by atoms with Crippen molar-refractivity contribution in [2.75, 3.05) is 0 Å². The average Bonchev–Trinajstić information content (AvgIpc) is 3.12. The van der Waals surface area contributed by atoms with Crippen molar-refractivity contribution in [1.29, 1.82) is 0 Å². The Labute approximate surface area is 413 Å². The van der Waals surface area contributed by atoms with Gasteiger partial charge in [-0.3, -0.25) is 0 Å². The molecule has 3 aromatic carbocycles. The number of hydrogen-bond acceptors (Lipinski definition) is 2. The topological polar surface area (TPSA) is 31.8 Å². The summed E-state index contributed by atoms with van der Waals surface area (Å²) in [4.78, 5) is 9.53. The average molecular weight is 1140 g/mol. The van der Waals surface area contributed by atoms with Crippen molar-refractivity contribution in [3.63, 3.8) is 0 Å². The van der Waals surface area contributed by atoms with Crippen LogP contribution in [0.5, 0.6) is 0 Å². The molecule has 0 aliphatic heterocycles. The maximum atomic E-state index is 4.76. The van der Waals surface area contributed by atoms with E-state index in [0.717, 1.165) is 11.6 Å². The maximum absolute atomic E-state index is 4.76. The van der Waals surface area contributed by atoms with Crippen molar-refractivity contribution in [3.8, 4) is 22.3 Å². The number of benzene rings is 3. The predicted molar refractivity (Wildman–Crippen MR) is 227 cm³/mol. The zero-order valence-corrected chi connectivity index (χ0v) is 44.3. The molecule has 0 saturated heterocycles. The molecule has 0 amide bonds. The van der Waals surface area contributed by atoms with Gasteiger partial charge in [0.1, 0.15) is 23.8 Å². The largest absolute Gasteiger partial charge is 1.00 e. The number of pyridine rings is 2. The van der Waals surface area contributed by atoms with Crippen LogP contribution in [0.15, 0.2) is 85.2 Å². The van der Waals surface area contributed by atoms with Crippen LogP contribution in [0, 0.1) is 6.92 Å². The Morgan fingerprint density at radius 1 is 0.466 bits per heavy atom. The number of hydrogen-bond donors (Lipinski definition) is 0. The summed E-state index contributed by atoms with van der Waals surface area (Å²) in [5, 5.41) is 0. The first-order chi connectivity index (χ1) is 24.8. The van der Waals surface area contributed by atoms with E-state index >= 15 is 0 Å². The van der Waals surface area contributed by atoms with Gasteiger partial charge in [0.2, 0.25) is 0 Å². The van der Waals surface area contributed by atoms with Crippen LogP contribution in [-0.2, 0) is 34.1 Å². The first kappa shape index (κ1) is 58.4. The van der Waals surface area contributed by atoms with E-state index < -0.39 is 0 Å². The van der Waals surface area contributed by atoms with Crippen molar-refractivity contribution in [2.24, 2.45) is 0 Å². The van der Waals surface area contributed by atoms with Crippen LogP contribution in [0.25, 0.3) is 22.3 Å². The van der Waals surface area contributed by atoms with Crippen LogP contribution < -0.4 is 77.1 Å². The van der Waals surface area contributed by atoms with E-state index in [4.69, 9.17) is 9.97 Å². The van der Waals surface area contributed by atoms with Crippen LogP contribution in [0.3, 0.4) is 0 Å². The molecule has 5 aromatic rings. The molecule has 2 heterocycles. The van der Waals surface area contributed by atoms with Gasteiger partial charge < -0.3 is 67.9 Å². The van der Waals surface area contributed by atoms with Crippen LogP contribution >= 0.6 is 0 Å². The van der Waals surface area contributed by atoms with Crippen molar-refractivity contribution < 1.29 is 102 Å². The van der Waals surface area contributed by atoms with E-state index in [2.05, 4.69) is 172 Å². The molecule has 4 nitrogen and oxygen atoms in total.